The van der Waals surface area contributed by atoms with Gasteiger partial charge in [0.2, 0.25) is 5.91 Å². The number of esters is 1. The molecule has 0 saturated carbocycles. The molecule has 0 fully saturated rings. The van der Waals surface area contributed by atoms with E-state index in [1.165, 1.54) is 34.4 Å². The number of carbonyl (C=O) groups is 2. The Balaban J connectivity index is 1.40. The van der Waals surface area contributed by atoms with Crippen molar-refractivity contribution in [2.75, 3.05) is 17.7 Å². The fourth-order valence-corrected chi connectivity index (χ4v) is 7.81. The van der Waals surface area contributed by atoms with Crippen molar-refractivity contribution < 1.29 is 14.3 Å². The zero-order valence-electron chi connectivity index (χ0n) is 21.9. The highest BCUT2D eigenvalue weighted by Crippen LogP contribution is 2.39. The molecule has 0 radical (unpaired) electrons. The van der Waals surface area contributed by atoms with E-state index in [0.717, 1.165) is 52.8 Å². The van der Waals surface area contributed by atoms with Crippen molar-refractivity contribution >= 4 is 61.5 Å². The molecule has 0 atom stereocenters. The van der Waals surface area contributed by atoms with E-state index in [1.54, 1.807) is 17.6 Å². The van der Waals surface area contributed by atoms with E-state index in [1.807, 2.05) is 36.6 Å². The van der Waals surface area contributed by atoms with Gasteiger partial charge in [0.05, 0.1) is 23.3 Å². The maximum absolute atomic E-state index is 13.6. The molecular formula is C29H29N3O4S3. The van der Waals surface area contributed by atoms with Crippen LogP contribution in [-0.4, -0.2) is 33.8 Å². The van der Waals surface area contributed by atoms with Gasteiger partial charge >= 0.3 is 5.97 Å². The Kier molecular flexibility index (Phi) is 8.34. The van der Waals surface area contributed by atoms with E-state index >= 15 is 0 Å². The highest BCUT2D eigenvalue weighted by molar-refractivity contribution is 7.99. The van der Waals surface area contributed by atoms with Gasteiger partial charge in [-0.05, 0) is 50.7 Å². The lowest BCUT2D eigenvalue weighted by Crippen LogP contribution is -2.23. The second-order valence-electron chi connectivity index (χ2n) is 9.27. The first-order chi connectivity index (χ1) is 18.9. The molecule has 1 aliphatic rings. The van der Waals surface area contributed by atoms with Crippen LogP contribution in [0.25, 0.3) is 21.3 Å². The average molecular weight is 580 g/mol. The predicted octanol–water partition coefficient (Wildman–Crippen LogP) is 6.47. The lowest BCUT2D eigenvalue weighted by molar-refractivity contribution is -0.113. The lowest BCUT2D eigenvalue weighted by atomic mass is 9.95. The van der Waals surface area contributed by atoms with Crippen LogP contribution >= 0.6 is 34.4 Å². The zero-order valence-corrected chi connectivity index (χ0v) is 24.3. The normalized spacial score (nSPS) is 12.8. The van der Waals surface area contributed by atoms with E-state index in [9.17, 15) is 14.4 Å². The summed E-state index contributed by atoms with van der Waals surface area (Å²) in [6.07, 6.45) is 5.46. The number of hydrogen-bond acceptors (Lipinski definition) is 8. The number of fused-ring (bicyclic) bond motifs is 2. The van der Waals surface area contributed by atoms with Crippen molar-refractivity contribution in [3.05, 3.63) is 74.2 Å². The van der Waals surface area contributed by atoms with Gasteiger partial charge in [0.25, 0.3) is 5.56 Å². The Hall–Kier alpha value is -3.21. The first-order valence-electron chi connectivity index (χ1n) is 12.9. The van der Waals surface area contributed by atoms with Gasteiger partial charge in [-0.15, -0.1) is 29.3 Å². The van der Waals surface area contributed by atoms with Gasteiger partial charge in [0, 0.05) is 22.4 Å². The van der Waals surface area contributed by atoms with Crippen LogP contribution in [0, 0.1) is 6.92 Å². The number of aromatic nitrogens is 2. The highest BCUT2D eigenvalue weighted by atomic mass is 32.2. The minimum absolute atomic E-state index is 0.0378. The number of carbonyl (C=O) groups excluding carboxylic acids is 2. The van der Waals surface area contributed by atoms with Crippen molar-refractivity contribution in [2.45, 2.75) is 51.2 Å². The largest absolute Gasteiger partial charge is 0.462 e. The molecule has 1 amide bonds. The van der Waals surface area contributed by atoms with Crippen molar-refractivity contribution in [3.8, 4) is 11.1 Å². The standard InChI is InChI=1S/C29H29N3O4S3/c1-4-14-32-27(34)23-20(18-12-10-17(3)11-13-18)15-37-25(23)31-29(32)38-16-22(33)30-26-24(28(35)36-5-2)19-8-6-7-9-21(19)39-26/h4,10-13,15H,1,5-9,14,16H2,2-3H3,(H,30,33). The van der Waals surface area contributed by atoms with Crippen molar-refractivity contribution in [1.82, 2.24) is 9.55 Å². The van der Waals surface area contributed by atoms with Gasteiger partial charge in [0.15, 0.2) is 5.16 Å². The third-order valence-corrected chi connectivity index (χ3v) is 9.62. The summed E-state index contributed by atoms with van der Waals surface area (Å²) in [7, 11) is 0. The molecule has 39 heavy (non-hydrogen) atoms. The van der Waals surface area contributed by atoms with Gasteiger partial charge in [-0.2, -0.15) is 0 Å². The van der Waals surface area contributed by atoms with Gasteiger partial charge in [0.1, 0.15) is 9.83 Å². The van der Waals surface area contributed by atoms with Gasteiger partial charge in [-0.1, -0.05) is 47.7 Å². The first kappa shape index (κ1) is 27.4. The molecular weight excluding hydrogens is 551 g/mol. The Labute approximate surface area is 238 Å². The van der Waals surface area contributed by atoms with E-state index < -0.39 is 5.97 Å². The summed E-state index contributed by atoms with van der Waals surface area (Å²) < 4.78 is 6.86. The number of benzene rings is 1. The molecule has 4 aromatic rings. The quantitative estimate of drug-likeness (QED) is 0.106. The number of hydrogen-bond donors (Lipinski definition) is 1. The Bertz CT molecular complexity index is 1620. The minimum atomic E-state index is -0.395. The number of allylic oxidation sites excluding steroid dienone is 1. The molecule has 0 saturated heterocycles. The molecule has 1 aromatic carbocycles. The van der Waals surface area contributed by atoms with Crippen molar-refractivity contribution in [1.29, 1.82) is 0 Å². The monoisotopic (exact) mass is 579 g/mol. The van der Waals surface area contributed by atoms with E-state index in [2.05, 4.69) is 11.9 Å². The van der Waals surface area contributed by atoms with Crippen LogP contribution in [0.1, 0.15) is 46.1 Å². The number of aryl methyl sites for hydroxylation is 2. The molecule has 202 valence electrons. The summed E-state index contributed by atoms with van der Waals surface area (Å²) >= 11 is 4.07. The molecule has 0 aliphatic heterocycles. The molecule has 3 aromatic heterocycles. The minimum Gasteiger partial charge on any atom is -0.462 e. The maximum Gasteiger partial charge on any atom is 0.341 e. The molecule has 7 nitrogen and oxygen atoms in total. The summed E-state index contributed by atoms with van der Waals surface area (Å²) in [6, 6.07) is 8.06. The van der Waals surface area contributed by atoms with Gasteiger partial charge in [-0.25, -0.2) is 9.78 Å². The fraction of sp³-hybridized carbons (Fsp3) is 0.310. The van der Waals surface area contributed by atoms with Gasteiger partial charge in [-0.3, -0.25) is 14.2 Å². The number of anilines is 1. The first-order valence-corrected chi connectivity index (χ1v) is 15.5. The maximum atomic E-state index is 13.6. The number of thiophene rings is 2. The van der Waals surface area contributed by atoms with Crippen LogP contribution in [-0.2, 0) is 28.9 Å². The van der Waals surface area contributed by atoms with E-state index in [-0.39, 0.29) is 30.4 Å². The number of ether oxygens (including phenoxy) is 1. The topological polar surface area (TPSA) is 90.3 Å². The molecule has 3 heterocycles. The SMILES string of the molecule is C=CCn1c(SCC(=O)Nc2sc3c(c2C(=O)OCC)CCCC3)nc2scc(-c3ccc(C)cc3)c2c1=O. The number of thioether (sulfide) groups is 1. The van der Waals surface area contributed by atoms with Crippen LogP contribution in [0.2, 0.25) is 0 Å². The average Bonchev–Trinajstić information content (AvgIpc) is 3.51. The Morgan fingerprint density at radius 1 is 1.23 bits per heavy atom. The lowest BCUT2D eigenvalue weighted by Gasteiger charge is -2.12. The van der Waals surface area contributed by atoms with Crippen LogP contribution in [0.3, 0.4) is 0 Å². The van der Waals surface area contributed by atoms with Crippen LogP contribution in [0.4, 0.5) is 5.00 Å². The third-order valence-electron chi connectivity index (χ3n) is 6.57. The summed E-state index contributed by atoms with van der Waals surface area (Å²) in [6.45, 7) is 8.15. The Morgan fingerprint density at radius 2 is 2.00 bits per heavy atom. The number of rotatable bonds is 9. The summed E-state index contributed by atoms with van der Waals surface area (Å²) in [5.41, 5.74) is 4.30. The number of nitrogens with one attached hydrogen (secondary N) is 1. The van der Waals surface area contributed by atoms with E-state index in [0.29, 0.717) is 25.9 Å². The fourth-order valence-electron chi connectivity index (χ4n) is 4.72. The highest BCUT2D eigenvalue weighted by Gasteiger charge is 2.27. The molecule has 1 aliphatic carbocycles. The van der Waals surface area contributed by atoms with Crippen LogP contribution in [0.15, 0.2) is 52.3 Å². The summed E-state index contributed by atoms with van der Waals surface area (Å²) in [5, 5.41) is 6.46. The van der Waals surface area contributed by atoms with Gasteiger partial charge < -0.3 is 10.1 Å². The molecule has 10 heteroatoms. The number of nitrogens with zero attached hydrogens (tertiary/aromatic N) is 2. The summed E-state index contributed by atoms with van der Waals surface area (Å²) in [5.74, 6) is -0.625. The molecule has 0 bridgehead atoms. The predicted molar refractivity (Wildman–Crippen MR) is 161 cm³/mol. The zero-order chi connectivity index (χ0) is 27.5. The second-order valence-corrected chi connectivity index (χ2v) is 12.2. The second kappa shape index (κ2) is 11.9. The van der Waals surface area contributed by atoms with Crippen molar-refractivity contribution in [2.24, 2.45) is 0 Å². The molecule has 1 N–H and O–H groups in total. The molecule has 0 spiro atoms. The molecule has 5 rings (SSSR count). The smallest absolute Gasteiger partial charge is 0.341 e. The van der Waals surface area contributed by atoms with Crippen LogP contribution < -0.4 is 10.9 Å². The molecule has 0 unspecified atom stereocenters. The third kappa shape index (κ3) is 5.59. The summed E-state index contributed by atoms with van der Waals surface area (Å²) in [4.78, 5) is 45.9. The Morgan fingerprint density at radius 3 is 2.74 bits per heavy atom. The van der Waals surface area contributed by atoms with Crippen LogP contribution in [0.5, 0.6) is 0 Å². The number of amides is 1. The van der Waals surface area contributed by atoms with Crippen molar-refractivity contribution in [3.63, 3.8) is 0 Å². The van der Waals surface area contributed by atoms with E-state index in [4.69, 9.17) is 9.72 Å².